The summed E-state index contributed by atoms with van der Waals surface area (Å²) in [6.07, 6.45) is 1.59. The third-order valence-corrected chi connectivity index (χ3v) is 8.09. The van der Waals surface area contributed by atoms with E-state index in [0.29, 0.717) is 5.96 Å². The van der Waals surface area contributed by atoms with Crippen LogP contribution in [0.25, 0.3) is 21.5 Å². The van der Waals surface area contributed by atoms with Gasteiger partial charge in [0.05, 0.1) is 0 Å². The van der Waals surface area contributed by atoms with Gasteiger partial charge in [-0.05, 0) is 43.8 Å². The molecule has 6 rings (SSSR count). The van der Waals surface area contributed by atoms with Crippen molar-refractivity contribution in [3.63, 3.8) is 0 Å². The lowest BCUT2D eigenvalue weighted by Crippen LogP contribution is -2.46. The van der Waals surface area contributed by atoms with Crippen molar-refractivity contribution in [1.82, 2.24) is 5.32 Å². The van der Waals surface area contributed by atoms with Gasteiger partial charge in [-0.1, -0.05) is 105 Å². The molecule has 2 atom stereocenters. The average Bonchev–Trinajstić information content (AvgIpc) is 3.16. The first-order chi connectivity index (χ1) is 14.5. The van der Waals surface area contributed by atoms with Crippen LogP contribution in [-0.2, 0) is 21.7 Å². The summed E-state index contributed by atoms with van der Waals surface area (Å²) >= 11 is 7.88. The first kappa shape index (κ1) is 18.4. The normalized spacial score (nSPS) is 24.7. The third kappa shape index (κ3) is 2.58. The molecule has 0 radical (unpaired) electrons. The minimum atomic E-state index is -0.561. The summed E-state index contributed by atoms with van der Waals surface area (Å²) in [4.78, 5) is 4.95. The van der Waals surface area contributed by atoms with Gasteiger partial charge in [-0.2, -0.15) is 0 Å². The lowest BCUT2D eigenvalue weighted by Gasteiger charge is -2.28. The molecule has 30 heavy (non-hydrogen) atoms. The molecule has 148 valence electrons. The number of halogens is 2. The Kier molecular flexibility index (Phi) is 3.87. The van der Waals surface area contributed by atoms with E-state index in [1.807, 2.05) is 0 Å². The Morgan fingerprint density at radius 2 is 1.30 bits per heavy atom. The van der Waals surface area contributed by atoms with Gasteiger partial charge in [-0.15, -0.1) is 0 Å². The molecule has 0 aromatic heterocycles. The van der Waals surface area contributed by atoms with Gasteiger partial charge in [0, 0.05) is 12.8 Å². The van der Waals surface area contributed by atoms with E-state index in [1.54, 1.807) is 0 Å². The van der Waals surface area contributed by atoms with E-state index in [4.69, 9.17) is 10.7 Å². The molecular formula is C25H19Br2N3. The molecule has 2 aliphatic carbocycles. The first-order valence-corrected chi connectivity index (χ1v) is 11.6. The van der Waals surface area contributed by atoms with Crippen LogP contribution in [0.3, 0.4) is 0 Å². The Labute approximate surface area is 191 Å². The zero-order valence-electron chi connectivity index (χ0n) is 16.1. The summed E-state index contributed by atoms with van der Waals surface area (Å²) in [6.45, 7) is 0. The van der Waals surface area contributed by atoms with Gasteiger partial charge in [0.25, 0.3) is 0 Å². The SMILES string of the molecule is NC(=NC1(Br)Cc2cccc3cccc1c23)NC1(Br)Cc2cccc3cccc1c23. The van der Waals surface area contributed by atoms with Gasteiger partial charge in [0.2, 0.25) is 0 Å². The molecule has 5 heteroatoms. The molecular weight excluding hydrogens is 502 g/mol. The van der Waals surface area contributed by atoms with E-state index in [0.717, 1.165) is 12.8 Å². The summed E-state index contributed by atoms with van der Waals surface area (Å²) in [5, 5.41) is 8.55. The van der Waals surface area contributed by atoms with Gasteiger partial charge in [0.1, 0.15) is 8.90 Å². The Morgan fingerprint density at radius 3 is 1.97 bits per heavy atom. The van der Waals surface area contributed by atoms with E-state index in [9.17, 15) is 0 Å². The summed E-state index contributed by atoms with van der Waals surface area (Å²) < 4.78 is -1.03. The molecule has 0 saturated heterocycles. The maximum absolute atomic E-state index is 6.51. The number of hydrogen-bond acceptors (Lipinski definition) is 1. The van der Waals surface area contributed by atoms with Crippen molar-refractivity contribution in [2.75, 3.05) is 0 Å². The van der Waals surface area contributed by atoms with Crippen LogP contribution in [0.15, 0.2) is 77.8 Å². The van der Waals surface area contributed by atoms with Crippen molar-refractivity contribution in [2.24, 2.45) is 10.7 Å². The molecule has 0 saturated carbocycles. The smallest absolute Gasteiger partial charge is 0.191 e. The van der Waals surface area contributed by atoms with Gasteiger partial charge < -0.3 is 11.1 Å². The second-order valence-electron chi connectivity index (χ2n) is 8.18. The van der Waals surface area contributed by atoms with Crippen molar-refractivity contribution in [3.8, 4) is 0 Å². The van der Waals surface area contributed by atoms with E-state index in [2.05, 4.69) is 110 Å². The monoisotopic (exact) mass is 519 g/mol. The van der Waals surface area contributed by atoms with Crippen molar-refractivity contribution < 1.29 is 0 Å². The standard InChI is InChI=1S/C25H19Br2N3/c26-24(13-17-9-1-5-15-7-3-11-19(24)21(15)17)29-23(28)30-25(27)14-18-10-2-6-16-8-4-12-20(25)22(16)18/h1-12H,13-14H2,(H3,28,29,30). The Hall–Kier alpha value is -2.37. The number of nitrogens with one attached hydrogen (secondary N) is 1. The maximum Gasteiger partial charge on any atom is 0.191 e. The number of rotatable bonds is 2. The quantitative estimate of drug-likeness (QED) is 0.152. The second kappa shape index (κ2) is 6.32. The summed E-state index contributed by atoms with van der Waals surface area (Å²) in [5.41, 5.74) is 11.5. The van der Waals surface area contributed by atoms with Crippen molar-refractivity contribution in [2.45, 2.75) is 21.7 Å². The van der Waals surface area contributed by atoms with E-state index < -0.39 is 8.90 Å². The van der Waals surface area contributed by atoms with Gasteiger partial charge in [0.15, 0.2) is 5.96 Å². The van der Waals surface area contributed by atoms with Crippen LogP contribution >= 0.6 is 31.9 Å². The van der Waals surface area contributed by atoms with Crippen LogP contribution < -0.4 is 11.1 Å². The molecule has 2 unspecified atom stereocenters. The minimum absolute atomic E-state index is 0.415. The van der Waals surface area contributed by atoms with E-state index in [1.165, 1.54) is 43.8 Å². The molecule has 0 amide bonds. The Bertz CT molecular complexity index is 1370. The van der Waals surface area contributed by atoms with Crippen LogP contribution in [-0.4, -0.2) is 5.96 Å². The summed E-state index contributed by atoms with van der Waals surface area (Å²) in [7, 11) is 0. The molecule has 0 bridgehead atoms. The molecule has 3 nitrogen and oxygen atoms in total. The van der Waals surface area contributed by atoms with E-state index >= 15 is 0 Å². The molecule has 0 fully saturated rings. The van der Waals surface area contributed by atoms with Crippen LogP contribution in [0.1, 0.15) is 22.3 Å². The number of guanidine groups is 1. The van der Waals surface area contributed by atoms with Crippen molar-refractivity contribution in [1.29, 1.82) is 0 Å². The lowest BCUT2D eigenvalue weighted by atomic mass is 10.0. The fraction of sp³-hybridized carbons (Fsp3) is 0.160. The number of hydrogen-bond donors (Lipinski definition) is 2. The molecule has 2 aliphatic rings. The molecule has 0 heterocycles. The highest BCUT2D eigenvalue weighted by molar-refractivity contribution is 9.10. The number of nitrogens with two attached hydrogens (primary N) is 1. The Balaban J connectivity index is 1.39. The molecule has 3 N–H and O–H groups in total. The highest BCUT2D eigenvalue weighted by Gasteiger charge is 2.40. The first-order valence-electron chi connectivity index (χ1n) is 10.0. The third-order valence-electron chi connectivity index (χ3n) is 6.30. The summed E-state index contributed by atoms with van der Waals surface area (Å²) in [5.74, 6) is 0.415. The van der Waals surface area contributed by atoms with Crippen LogP contribution in [0.5, 0.6) is 0 Å². The topological polar surface area (TPSA) is 50.4 Å². The largest absolute Gasteiger partial charge is 0.370 e. The zero-order chi connectivity index (χ0) is 20.5. The van der Waals surface area contributed by atoms with Gasteiger partial charge in [-0.3, -0.25) is 0 Å². The average molecular weight is 521 g/mol. The predicted molar refractivity (Wildman–Crippen MR) is 131 cm³/mol. The minimum Gasteiger partial charge on any atom is -0.370 e. The van der Waals surface area contributed by atoms with Crippen LogP contribution in [0.4, 0.5) is 0 Å². The highest BCUT2D eigenvalue weighted by atomic mass is 79.9. The molecule has 4 aromatic carbocycles. The molecule has 0 spiro atoms. The maximum atomic E-state index is 6.51. The summed E-state index contributed by atoms with van der Waals surface area (Å²) in [6, 6.07) is 25.7. The lowest BCUT2D eigenvalue weighted by molar-refractivity contribution is 0.602. The van der Waals surface area contributed by atoms with Gasteiger partial charge >= 0.3 is 0 Å². The molecule has 0 aliphatic heterocycles. The van der Waals surface area contributed by atoms with Crippen molar-refractivity contribution >= 4 is 59.4 Å². The predicted octanol–water partition coefficient (Wildman–Crippen LogP) is 5.81. The Morgan fingerprint density at radius 1 is 0.767 bits per heavy atom. The number of benzene rings is 4. The fourth-order valence-electron chi connectivity index (χ4n) is 5.12. The van der Waals surface area contributed by atoms with Gasteiger partial charge in [-0.25, -0.2) is 4.99 Å². The highest BCUT2D eigenvalue weighted by Crippen LogP contribution is 2.48. The van der Waals surface area contributed by atoms with Crippen LogP contribution in [0, 0.1) is 0 Å². The van der Waals surface area contributed by atoms with E-state index in [-0.39, 0.29) is 0 Å². The second-order valence-corrected chi connectivity index (χ2v) is 10.8. The molecule has 4 aromatic rings. The number of aliphatic imine (C=N–C) groups is 1. The zero-order valence-corrected chi connectivity index (χ0v) is 19.3. The van der Waals surface area contributed by atoms with Crippen molar-refractivity contribution in [3.05, 3.63) is 95.1 Å². The number of nitrogens with zero attached hydrogens (tertiary/aromatic N) is 1. The van der Waals surface area contributed by atoms with Crippen LogP contribution in [0.2, 0.25) is 0 Å². The number of alkyl halides is 2. The fourth-order valence-corrected chi connectivity index (χ4v) is 6.78.